The number of aromatic nitrogens is 1. The van der Waals surface area contributed by atoms with Crippen molar-refractivity contribution >= 4 is 15.8 Å². The van der Waals surface area contributed by atoms with Gasteiger partial charge in [0, 0.05) is 6.54 Å². The smallest absolute Gasteiger partial charge is 0.247 e. The molecule has 3 unspecified atom stereocenters. The predicted molar refractivity (Wildman–Crippen MR) is 71.5 cm³/mol. The lowest BCUT2D eigenvalue weighted by atomic mass is 9.87. The molecule has 2 bridgehead atoms. The van der Waals surface area contributed by atoms with Gasteiger partial charge in [-0.3, -0.25) is 0 Å². The van der Waals surface area contributed by atoms with Crippen LogP contribution < -0.4 is 10.5 Å². The Bertz CT molecular complexity index is 578. The van der Waals surface area contributed by atoms with Crippen LogP contribution in [-0.2, 0) is 14.8 Å². The van der Waals surface area contributed by atoms with E-state index in [1.807, 2.05) is 0 Å². The van der Waals surface area contributed by atoms with E-state index in [-0.39, 0.29) is 16.5 Å². The number of ether oxygens (including phenoxy) is 1. The van der Waals surface area contributed by atoms with Crippen molar-refractivity contribution in [2.45, 2.75) is 49.7 Å². The summed E-state index contributed by atoms with van der Waals surface area (Å²) in [6, 6.07) is 0. The summed E-state index contributed by atoms with van der Waals surface area (Å²) in [5.74, 6) is 0.564. The quantitative estimate of drug-likeness (QED) is 0.833. The molecule has 0 saturated carbocycles. The van der Waals surface area contributed by atoms with Gasteiger partial charge >= 0.3 is 0 Å². The van der Waals surface area contributed by atoms with Gasteiger partial charge in [-0.15, -0.1) is 0 Å². The molecular formula is C12H19N3O4S. The minimum absolute atomic E-state index is 0.0540. The first-order valence-electron chi connectivity index (χ1n) is 6.84. The molecule has 112 valence electrons. The van der Waals surface area contributed by atoms with Crippen LogP contribution in [0.2, 0.25) is 0 Å². The van der Waals surface area contributed by atoms with Gasteiger partial charge in [0.15, 0.2) is 16.5 Å². The molecule has 1 aromatic heterocycles. The number of nitrogens with two attached hydrogens (primary N) is 1. The van der Waals surface area contributed by atoms with Crippen molar-refractivity contribution in [3.63, 3.8) is 0 Å². The van der Waals surface area contributed by atoms with Crippen molar-refractivity contribution < 1.29 is 17.7 Å². The zero-order valence-electron chi connectivity index (χ0n) is 11.3. The molecule has 3 N–H and O–H groups in total. The molecule has 0 radical (unpaired) electrons. The minimum atomic E-state index is -3.66. The Morgan fingerprint density at radius 3 is 2.80 bits per heavy atom. The lowest BCUT2D eigenvalue weighted by Gasteiger charge is -2.18. The van der Waals surface area contributed by atoms with Gasteiger partial charge in [0.25, 0.3) is 0 Å². The number of sulfonamides is 1. The van der Waals surface area contributed by atoms with Gasteiger partial charge in [-0.1, -0.05) is 5.16 Å². The molecule has 3 rings (SSSR count). The molecule has 8 heteroatoms. The van der Waals surface area contributed by atoms with Crippen LogP contribution in [0.4, 0.5) is 5.82 Å². The third kappa shape index (κ3) is 2.43. The Kier molecular flexibility index (Phi) is 3.47. The maximum atomic E-state index is 12.1. The van der Waals surface area contributed by atoms with Crippen LogP contribution in [-0.4, -0.2) is 32.3 Å². The number of nitrogens with one attached hydrogen (secondary N) is 1. The molecular weight excluding hydrogens is 282 g/mol. The molecule has 3 atom stereocenters. The van der Waals surface area contributed by atoms with Gasteiger partial charge in [0.1, 0.15) is 0 Å². The Morgan fingerprint density at radius 1 is 1.45 bits per heavy atom. The summed E-state index contributed by atoms with van der Waals surface area (Å²) in [7, 11) is -3.66. The summed E-state index contributed by atoms with van der Waals surface area (Å²) in [4.78, 5) is -0.0540. The molecule has 20 heavy (non-hydrogen) atoms. The molecule has 2 fully saturated rings. The summed E-state index contributed by atoms with van der Waals surface area (Å²) in [6.07, 6.45) is 4.76. The van der Waals surface area contributed by atoms with E-state index in [1.165, 1.54) is 6.92 Å². The van der Waals surface area contributed by atoms with Crippen LogP contribution in [0.3, 0.4) is 0 Å². The van der Waals surface area contributed by atoms with E-state index in [0.29, 0.717) is 24.7 Å². The van der Waals surface area contributed by atoms with Crippen LogP contribution in [0.5, 0.6) is 0 Å². The fraction of sp³-hybridized carbons (Fsp3) is 0.750. The molecule has 1 aromatic rings. The Morgan fingerprint density at radius 2 is 2.25 bits per heavy atom. The zero-order chi connectivity index (χ0) is 14.3. The van der Waals surface area contributed by atoms with Gasteiger partial charge in [0.05, 0.1) is 12.2 Å². The highest BCUT2D eigenvalue weighted by Gasteiger charge is 2.40. The van der Waals surface area contributed by atoms with Crippen LogP contribution in [0.15, 0.2) is 9.42 Å². The van der Waals surface area contributed by atoms with Gasteiger partial charge in [-0.05, 0) is 38.5 Å². The second-order valence-corrected chi connectivity index (χ2v) is 7.21. The third-order valence-electron chi connectivity index (χ3n) is 4.14. The Labute approximate surface area is 117 Å². The van der Waals surface area contributed by atoms with E-state index in [0.717, 1.165) is 25.7 Å². The first-order valence-corrected chi connectivity index (χ1v) is 8.32. The number of fused-ring (bicyclic) bond motifs is 2. The van der Waals surface area contributed by atoms with Crippen molar-refractivity contribution in [2.24, 2.45) is 5.92 Å². The van der Waals surface area contributed by atoms with Crippen molar-refractivity contribution in [1.29, 1.82) is 0 Å². The van der Waals surface area contributed by atoms with Crippen LogP contribution in [0, 0.1) is 12.8 Å². The minimum Gasteiger partial charge on any atom is -0.380 e. The van der Waals surface area contributed by atoms with E-state index in [9.17, 15) is 8.42 Å². The maximum Gasteiger partial charge on any atom is 0.247 e. The fourth-order valence-corrected chi connectivity index (χ4v) is 4.46. The van der Waals surface area contributed by atoms with Crippen LogP contribution >= 0.6 is 0 Å². The van der Waals surface area contributed by atoms with Crippen molar-refractivity contribution in [2.75, 3.05) is 12.3 Å². The molecule has 0 amide bonds. The highest BCUT2D eigenvalue weighted by molar-refractivity contribution is 7.89. The first-order chi connectivity index (χ1) is 9.47. The standard InChI is InChI=1S/C12H19N3O4S/c1-7-11(12(13)15-19-7)20(16,17)14-5-4-8-6-9-2-3-10(8)18-9/h8-10,14H,2-6H2,1H3,(H2,13,15). The number of hydrogen-bond acceptors (Lipinski definition) is 6. The topological polar surface area (TPSA) is 107 Å². The summed E-state index contributed by atoms with van der Waals surface area (Å²) >= 11 is 0. The van der Waals surface area contributed by atoms with Gasteiger partial charge in [-0.25, -0.2) is 13.1 Å². The largest absolute Gasteiger partial charge is 0.380 e. The molecule has 7 nitrogen and oxygen atoms in total. The van der Waals surface area contributed by atoms with Crippen LogP contribution in [0.25, 0.3) is 0 Å². The summed E-state index contributed by atoms with van der Waals surface area (Å²) in [6.45, 7) is 1.91. The lowest BCUT2D eigenvalue weighted by molar-refractivity contribution is 0.0915. The monoisotopic (exact) mass is 301 g/mol. The van der Waals surface area contributed by atoms with E-state index < -0.39 is 10.0 Å². The normalized spacial score (nSPS) is 29.1. The Balaban J connectivity index is 1.58. The van der Waals surface area contributed by atoms with Crippen LogP contribution in [0.1, 0.15) is 31.4 Å². The first kappa shape index (κ1) is 13.8. The number of aryl methyl sites for hydroxylation is 1. The van der Waals surface area contributed by atoms with Crippen molar-refractivity contribution in [3.05, 3.63) is 5.76 Å². The molecule has 0 aliphatic carbocycles. The number of nitrogen functional groups attached to an aromatic ring is 1. The van der Waals surface area contributed by atoms with Crippen molar-refractivity contribution in [1.82, 2.24) is 9.88 Å². The number of nitrogens with zero attached hydrogens (tertiary/aromatic N) is 1. The summed E-state index contributed by atoms with van der Waals surface area (Å²) in [5, 5.41) is 3.46. The molecule has 2 aliphatic rings. The second kappa shape index (κ2) is 5.01. The number of hydrogen-bond donors (Lipinski definition) is 2. The average Bonchev–Trinajstić information content (AvgIpc) is 3.05. The fourth-order valence-electron chi connectivity index (χ4n) is 3.21. The van der Waals surface area contributed by atoms with Crippen molar-refractivity contribution in [3.8, 4) is 0 Å². The molecule has 0 spiro atoms. The van der Waals surface area contributed by atoms with Gasteiger partial charge in [0.2, 0.25) is 10.0 Å². The maximum absolute atomic E-state index is 12.1. The van der Waals surface area contributed by atoms with E-state index in [4.69, 9.17) is 15.0 Å². The average molecular weight is 301 g/mol. The van der Waals surface area contributed by atoms with E-state index in [1.54, 1.807) is 0 Å². The lowest BCUT2D eigenvalue weighted by Crippen LogP contribution is -2.29. The second-order valence-electron chi connectivity index (χ2n) is 5.51. The number of anilines is 1. The van der Waals surface area contributed by atoms with E-state index in [2.05, 4.69) is 9.88 Å². The molecule has 2 saturated heterocycles. The summed E-state index contributed by atoms with van der Waals surface area (Å²) in [5.41, 5.74) is 5.53. The molecule has 0 aromatic carbocycles. The summed E-state index contributed by atoms with van der Waals surface area (Å²) < 4.78 is 37.4. The zero-order valence-corrected chi connectivity index (χ0v) is 12.1. The Hall–Kier alpha value is -1.12. The predicted octanol–water partition coefficient (Wildman–Crippen LogP) is 0.801. The van der Waals surface area contributed by atoms with Gasteiger partial charge in [-0.2, -0.15) is 0 Å². The van der Waals surface area contributed by atoms with Gasteiger partial charge < -0.3 is 15.0 Å². The molecule has 2 aliphatic heterocycles. The highest BCUT2D eigenvalue weighted by atomic mass is 32.2. The highest BCUT2D eigenvalue weighted by Crippen LogP contribution is 2.40. The van der Waals surface area contributed by atoms with E-state index >= 15 is 0 Å². The number of rotatable bonds is 5. The molecule has 3 heterocycles. The SMILES string of the molecule is Cc1onc(N)c1S(=O)(=O)NCCC1CC2CCC1O2. The third-order valence-corrected chi connectivity index (χ3v) is 5.76.